The highest BCUT2D eigenvalue weighted by atomic mass is 16.3. The van der Waals surface area contributed by atoms with E-state index in [9.17, 15) is 25.2 Å². The molecule has 0 aliphatic carbocycles. The summed E-state index contributed by atoms with van der Waals surface area (Å²) in [6.45, 7) is 4.11. The van der Waals surface area contributed by atoms with Crippen molar-refractivity contribution < 1.29 is 25.2 Å². The van der Waals surface area contributed by atoms with Crippen LogP contribution in [0.1, 0.15) is 335 Å². The molecule has 0 aromatic rings. The second-order valence-electron chi connectivity index (χ2n) is 20.7. The molecule has 4 unspecified atom stereocenters. The van der Waals surface area contributed by atoms with Crippen LogP contribution >= 0.6 is 0 Å². The molecule has 0 radical (unpaired) electrons. The number of aliphatic hydroxyl groups is 4. The smallest absolute Gasteiger partial charge is 0.249 e. The number of carbonyl (C=O) groups excluding carboxylic acids is 1. The van der Waals surface area contributed by atoms with Gasteiger partial charge in [0.1, 0.15) is 12.2 Å². The molecule has 0 aliphatic rings. The van der Waals surface area contributed by atoms with Crippen molar-refractivity contribution in [2.75, 3.05) is 6.61 Å². The van der Waals surface area contributed by atoms with E-state index in [0.717, 1.165) is 38.5 Å². The fourth-order valence-corrected chi connectivity index (χ4v) is 9.70. The van der Waals surface area contributed by atoms with Crippen LogP contribution in [-0.4, -0.2) is 57.3 Å². The van der Waals surface area contributed by atoms with Gasteiger partial charge >= 0.3 is 0 Å². The monoisotopic (exact) mass is 908 g/mol. The number of carbonyl (C=O) groups is 1. The first-order chi connectivity index (χ1) is 31.5. The number of nitrogens with one attached hydrogen (secondary N) is 1. The predicted octanol–water partition coefficient (Wildman–Crippen LogP) is 17.1. The molecule has 0 bridgehead atoms. The van der Waals surface area contributed by atoms with Crippen molar-refractivity contribution in [3.05, 3.63) is 0 Å². The lowest BCUT2D eigenvalue weighted by atomic mass is 9.99. The molecule has 0 saturated heterocycles. The van der Waals surface area contributed by atoms with Gasteiger partial charge in [-0.15, -0.1) is 0 Å². The van der Waals surface area contributed by atoms with Crippen LogP contribution in [0.2, 0.25) is 0 Å². The summed E-state index contributed by atoms with van der Waals surface area (Å²) in [5, 5.41) is 44.1. The summed E-state index contributed by atoms with van der Waals surface area (Å²) in [5.41, 5.74) is 0. The van der Waals surface area contributed by atoms with Gasteiger partial charge in [-0.05, 0) is 12.8 Å². The van der Waals surface area contributed by atoms with Crippen molar-refractivity contribution in [2.24, 2.45) is 0 Å². The van der Waals surface area contributed by atoms with Crippen LogP contribution in [0, 0.1) is 0 Å². The number of hydrogen-bond donors (Lipinski definition) is 5. The third-order valence-corrected chi connectivity index (χ3v) is 14.3. The van der Waals surface area contributed by atoms with Crippen LogP contribution in [0.5, 0.6) is 0 Å². The van der Waals surface area contributed by atoms with Crippen LogP contribution in [0.4, 0.5) is 0 Å². The summed E-state index contributed by atoms with van der Waals surface area (Å²) >= 11 is 0. The van der Waals surface area contributed by atoms with Crippen molar-refractivity contribution in [3.8, 4) is 0 Å². The molecule has 0 aromatic carbocycles. The van der Waals surface area contributed by atoms with E-state index in [1.54, 1.807) is 0 Å². The second kappa shape index (κ2) is 53.3. The summed E-state index contributed by atoms with van der Waals surface area (Å²) in [4.78, 5) is 12.6. The van der Waals surface area contributed by atoms with Crippen LogP contribution in [0.15, 0.2) is 0 Å². The summed E-state index contributed by atoms with van der Waals surface area (Å²) in [6, 6.07) is -0.981. The standard InChI is InChI=1S/C58H117NO5/c1-3-5-7-9-11-13-15-17-19-21-23-25-27-28-29-30-32-33-35-37-39-41-43-45-47-49-51-55(61)57(63)54(53-60)59-58(64)56(62)52-50-48-46-44-42-40-38-36-34-31-26-24-22-20-18-16-14-12-10-8-6-4-2/h54-57,60-63H,3-53H2,1-2H3,(H,59,64). The molecule has 0 rings (SSSR count). The van der Waals surface area contributed by atoms with Crippen LogP contribution in [-0.2, 0) is 4.79 Å². The van der Waals surface area contributed by atoms with Gasteiger partial charge < -0.3 is 25.7 Å². The van der Waals surface area contributed by atoms with E-state index in [-0.39, 0.29) is 0 Å². The largest absolute Gasteiger partial charge is 0.394 e. The van der Waals surface area contributed by atoms with E-state index >= 15 is 0 Å². The first-order valence-corrected chi connectivity index (χ1v) is 29.4. The Kier molecular flexibility index (Phi) is 52.7. The molecule has 0 heterocycles. The van der Waals surface area contributed by atoms with Crippen molar-refractivity contribution in [2.45, 2.75) is 359 Å². The maximum absolute atomic E-state index is 12.6. The zero-order valence-electron chi connectivity index (χ0n) is 43.6. The van der Waals surface area contributed by atoms with Crippen LogP contribution in [0.3, 0.4) is 0 Å². The minimum Gasteiger partial charge on any atom is -0.394 e. The first kappa shape index (κ1) is 63.3. The third kappa shape index (κ3) is 46.4. The maximum atomic E-state index is 12.6. The van der Waals surface area contributed by atoms with Gasteiger partial charge in [0.05, 0.1) is 18.8 Å². The van der Waals surface area contributed by atoms with Gasteiger partial charge in [0.2, 0.25) is 5.91 Å². The Morgan fingerprint density at radius 1 is 0.328 bits per heavy atom. The van der Waals surface area contributed by atoms with Crippen LogP contribution < -0.4 is 5.32 Å². The number of unbranched alkanes of at least 4 members (excludes halogenated alkanes) is 46. The molecule has 5 N–H and O–H groups in total. The molecule has 64 heavy (non-hydrogen) atoms. The molecular weight excluding hydrogens is 791 g/mol. The normalized spacial score (nSPS) is 13.7. The number of amides is 1. The minimum atomic E-state index is -1.25. The number of hydrogen-bond acceptors (Lipinski definition) is 5. The SMILES string of the molecule is CCCCCCCCCCCCCCCCCCCCCCCCCCCCC(O)C(O)C(CO)NC(=O)C(O)CCCCCCCCCCCCCCCCCCCCCCCC. The third-order valence-electron chi connectivity index (χ3n) is 14.3. The summed E-state index contributed by atoms with van der Waals surface area (Å²) in [6.07, 6.45) is 61.8. The van der Waals surface area contributed by atoms with Crippen LogP contribution in [0.25, 0.3) is 0 Å². The zero-order valence-corrected chi connectivity index (χ0v) is 43.6. The second-order valence-corrected chi connectivity index (χ2v) is 20.7. The van der Waals surface area contributed by atoms with E-state index in [4.69, 9.17) is 0 Å². The predicted molar refractivity (Wildman–Crippen MR) is 279 cm³/mol. The summed E-state index contributed by atoms with van der Waals surface area (Å²) in [7, 11) is 0. The highest BCUT2D eigenvalue weighted by Crippen LogP contribution is 2.19. The van der Waals surface area contributed by atoms with Gasteiger partial charge in [0.25, 0.3) is 0 Å². The van der Waals surface area contributed by atoms with E-state index < -0.39 is 36.9 Å². The van der Waals surface area contributed by atoms with E-state index in [2.05, 4.69) is 19.2 Å². The van der Waals surface area contributed by atoms with Crippen molar-refractivity contribution >= 4 is 5.91 Å². The van der Waals surface area contributed by atoms with Crippen molar-refractivity contribution in [1.82, 2.24) is 5.32 Å². The van der Waals surface area contributed by atoms with E-state index in [0.29, 0.717) is 12.8 Å². The van der Waals surface area contributed by atoms with Crippen molar-refractivity contribution in [1.29, 1.82) is 0 Å². The zero-order chi connectivity index (χ0) is 46.7. The Labute approximate surface area is 400 Å². The Bertz CT molecular complexity index is 887. The topological polar surface area (TPSA) is 110 Å². The average Bonchev–Trinajstić information content (AvgIpc) is 3.30. The summed E-state index contributed by atoms with van der Waals surface area (Å²) < 4.78 is 0. The minimum absolute atomic E-state index is 0.376. The first-order valence-electron chi connectivity index (χ1n) is 29.4. The van der Waals surface area contributed by atoms with Crippen molar-refractivity contribution in [3.63, 3.8) is 0 Å². The molecule has 6 heteroatoms. The molecule has 0 aliphatic heterocycles. The quantitative estimate of drug-likeness (QED) is 0.0391. The number of aliphatic hydroxyl groups excluding tert-OH is 4. The molecule has 0 saturated carbocycles. The summed E-state index contributed by atoms with van der Waals surface area (Å²) in [5.74, 6) is -0.575. The number of rotatable bonds is 55. The highest BCUT2D eigenvalue weighted by Gasteiger charge is 2.28. The Hall–Kier alpha value is -0.690. The lowest BCUT2D eigenvalue weighted by Crippen LogP contribution is -2.53. The van der Waals surface area contributed by atoms with E-state index in [1.165, 1.54) is 270 Å². The van der Waals surface area contributed by atoms with Gasteiger partial charge in [-0.2, -0.15) is 0 Å². The van der Waals surface area contributed by atoms with Gasteiger partial charge in [-0.25, -0.2) is 0 Å². The lowest BCUT2D eigenvalue weighted by molar-refractivity contribution is -0.132. The Balaban J connectivity index is 3.57. The molecule has 1 amide bonds. The molecule has 0 fully saturated rings. The molecule has 0 spiro atoms. The Morgan fingerprint density at radius 2 is 0.531 bits per heavy atom. The molecule has 4 atom stereocenters. The van der Waals surface area contributed by atoms with Gasteiger partial charge in [-0.3, -0.25) is 4.79 Å². The Morgan fingerprint density at radius 3 is 0.750 bits per heavy atom. The molecule has 6 nitrogen and oxygen atoms in total. The highest BCUT2D eigenvalue weighted by molar-refractivity contribution is 5.80. The molecule has 384 valence electrons. The van der Waals surface area contributed by atoms with E-state index in [1.807, 2.05) is 0 Å². The fraction of sp³-hybridized carbons (Fsp3) is 0.983. The van der Waals surface area contributed by atoms with Gasteiger partial charge in [-0.1, -0.05) is 322 Å². The average molecular weight is 909 g/mol. The lowest BCUT2D eigenvalue weighted by Gasteiger charge is -2.27. The molecular formula is C58H117NO5. The molecule has 0 aromatic heterocycles. The van der Waals surface area contributed by atoms with Gasteiger partial charge in [0, 0.05) is 0 Å². The fourth-order valence-electron chi connectivity index (χ4n) is 9.70. The maximum Gasteiger partial charge on any atom is 0.249 e. The van der Waals surface area contributed by atoms with Gasteiger partial charge in [0.15, 0.2) is 0 Å².